The van der Waals surface area contributed by atoms with Crippen molar-refractivity contribution in [3.63, 3.8) is 0 Å². The second-order valence-electron chi connectivity index (χ2n) is 6.26. The van der Waals surface area contributed by atoms with Gasteiger partial charge in [0.1, 0.15) is 0 Å². The van der Waals surface area contributed by atoms with Crippen LogP contribution in [0.1, 0.15) is 16.1 Å². The maximum atomic E-state index is 12.9. The minimum absolute atomic E-state index is 0.195. The molecule has 0 saturated heterocycles. The van der Waals surface area contributed by atoms with Crippen LogP contribution in [0, 0.1) is 0 Å². The summed E-state index contributed by atoms with van der Waals surface area (Å²) in [5.74, 6) is -0.360. The van der Waals surface area contributed by atoms with E-state index in [1.54, 1.807) is 48.5 Å². The van der Waals surface area contributed by atoms with Gasteiger partial charge in [0.25, 0.3) is 11.5 Å². The van der Waals surface area contributed by atoms with E-state index in [1.165, 1.54) is 4.68 Å². The molecule has 0 aliphatic carbocycles. The summed E-state index contributed by atoms with van der Waals surface area (Å²) in [7, 11) is 0. The zero-order valence-corrected chi connectivity index (χ0v) is 15.6. The Balaban J connectivity index is 1.76. The first-order valence-corrected chi connectivity index (χ1v) is 9.11. The number of carbonyl (C=O) groups excluding carboxylic acids is 1. The Morgan fingerprint density at radius 1 is 0.929 bits per heavy atom. The van der Waals surface area contributed by atoms with E-state index >= 15 is 0 Å². The Hall–Kier alpha value is -3.44. The van der Waals surface area contributed by atoms with Crippen LogP contribution >= 0.6 is 11.6 Å². The molecule has 138 valence electrons. The molecule has 0 unspecified atom stereocenters. The number of nitrogens with one attached hydrogen (secondary N) is 1. The molecule has 1 aromatic heterocycles. The van der Waals surface area contributed by atoms with Gasteiger partial charge in [-0.25, -0.2) is 0 Å². The third kappa shape index (κ3) is 3.52. The molecule has 6 heteroatoms. The predicted octanol–water partition coefficient (Wildman–Crippen LogP) is 3.97. The van der Waals surface area contributed by atoms with Crippen molar-refractivity contribution >= 4 is 28.3 Å². The van der Waals surface area contributed by atoms with Crippen LogP contribution in [-0.4, -0.2) is 15.7 Å². The molecule has 0 fully saturated rings. The fourth-order valence-electron chi connectivity index (χ4n) is 3.01. The first kappa shape index (κ1) is 17.9. The smallest absolute Gasteiger partial charge is 0.279 e. The molecule has 4 aromatic rings. The Morgan fingerprint density at radius 3 is 2.39 bits per heavy atom. The molecule has 1 N–H and O–H groups in total. The zero-order chi connectivity index (χ0) is 19.5. The fourth-order valence-corrected chi connectivity index (χ4v) is 3.23. The summed E-state index contributed by atoms with van der Waals surface area (Å²) in [6, 6.07) is 23.3. The summed E-state index contributed by atoms with van der Waals surface area (Å²) in [4.78, 5) is 25.8. The van der Waals surface area contributed by atoms with E-state index in [-0.39, 0.29) is 17.2 Å². The van der Waals surface area contributed by atoms with Crippen LogP contribution in [0.5, 0.6) is 0 Å². The van der Waals surface area contributed by atoms with Crippen molar-refractivity contribution in [3.8, 4) is 5.69 Å². The number of hydrogen-bond acceptors (Lipinski definition) is 3. The normalized spacial score (nSPS) is 10.8. The molecule has 0 atom stereocenters. The van der Waals surface area contributed by atoms with Crippen molar-refractivity contribution in [2.75, 3.05) is 0 Å². The second-order valence-corrected chi connectivity index (χ2v) is 6.70. The maximum Gasteiger partial charge on any atom is 0.279 e. The molecule has 3 aromatic carbocycles. The monoisotopic (exact) mass is 389 g/mol. The lowest BCUT2D eigenvalue weighted by Crippen LogP contribution is -2.29. The number of aromatic nitrogens is 2. The SMILES string of the molecule is O=C(NCc1cccc(Cl)c1)c1nn(-c2ccccc2)c(=O)c2ccccc12. The Labute approximate surface area is 166 Å². The minimum Gasteiger partial charge on any atom is -0.347 e. The van der Waals surface area contributed by atoms with Gasteiger partial charge in [0, 0.05) is 17.0 Å². The molecule has 1 heterocycles. The third-order valence-corrected chi connectivity index (χ3v) is 4.60. The number of para-hydroxylation sites is 1. The number of halogens is 1. The fraction of sp³-hybridized carbons (Fsp3) is 0.0455. The van der Waals surface area contributed by atoms with Crippen molar-refractivity contribution in [2.45, 2.75) is 6.54 Å². The zero-order valence-electron chi connectivity index (χ0n) is 14.8. The van der Waals surface area contributed by atoms with Crippen LogP contribution in [0.4, 0.5) is 0 Å². The largest absolute Gasteiger partial charge is 0.347 e. The van der Waals surface area contributed by atoms with E-state index in [0.717, 1.165) is 5.56 Å². The predicted molar refractivity (Wildman–Crippen MR) is 110 cm³/mol. The molecule has 0 saturated carbocycles. The molecule has 0 aliphatic heterocycles. The van der Waals surface area contributed by atoms with Crippen LogP contribution < -0.4 is 10.9 Å². The second kappa shape index (κ2) is 7.66. The maximum absolute atomic E-state index is 12.9. The highest BCUT2D eigenvalue weighted by molar-refractivity contribution is 6.30. The molecule has 0 radical (unpaired) electrons. The molecule has 0 spiro atoms. The van der Waals surface area contributed by atoms with Crippen molar-refractivity contribution in [2.24, 2.45) is 0 Å². The van der Waals surface area contributed by atoms with Gasteiger partial charge in [-0.1, -0.05) is 60.1 Å². The molecule has 1 amide bonds. The highest BCUT2D eigenvalue weighted by atomic mass is 35.5. The quantitative estimate of drug-likeness (QED) is 0.574. The number of nitrogens with zero attached hydrogens (tertiary/aromatic N) is 2. The van der Waals surface area contributed by atoms with Gasteiger partial charge in [-0.15, -0.1) is 0 Å². The topological polar surface area (TPSA) is 64.0 Å². The van der Waals surface area contributed by atoms with Crippen molar-refractivity contribution in [1.82, 2.24) is 15.1 Å². The number of fused-ring (bicyclic) bond motifs is 1. The molecule has 4 rings (SSSR count). The van der Waals surface area contributed by atoms with Gasteiger partial charge >= 0.3 is 0 Å². The van der Waals surface area contributed by atoms with Crippen molar-refractivity contribution in [1.29, 1.82) is 0 Å². The van der Waals surface area contributed by atoms with Gasteiger partial charge in [-0.3, -0.25) is 9.59 Å². The van der Waals surface area contributed by atoms with E-state index < -0.39 is 0 Å². The first-order chi connectivity index (χ1) is 13.6. The molecular weight excluding hydrogens is 374 g/mol. The lowest BCUT2D eigenvalue weighted by Gasteiger charge is -2.11. The molecular formula is C22H16ClN3O2. The van der Waals surface area contributed by atoms with Crippen LogP contribution in [0.25, 0.3) is 16.5 Å². The van der Waals surface area contributed by atoms with E-state index in [0.29, 0.717) is 28.0 Å². The molecule has 0 aliphatic rings. The van der Waals surface area contributed by atoms with Gasteiger partial charge < -0.3 is 5.32 Å². The Morgan fingerprint density at radius 2 is 1.64 bits per heavy atom. The van der Waals surface area contributed by atoms with Crippen molar-refractivity contribution in [3.05, 3.63) is 105 Å². The number of amides is 1. The van der Waals surface area contributed by atoms with E-state index in [1.807, 2.05) is 30.3 Å². The highest BCUT2D eigenvalue weighted by Gasteiger charge is 2.17. The average molecular weight is 390 g/mol. The lowest BCUT2D eigenvalue weighted by atomic mass is 10.1. The van der Waals surface area contributed by atoms with E-state index in [4.69, 9.17) is 11.6 Å². The van der Waals surface area contributed by atoms with Gasteiger partial charge in [0.05, 0.1) is 11.1 Å². The standard InChI is InChI=1S/C22H16ClN3O2/c23-16-8-6-7-15(13-16)14-24-21(27)20-18-11-4-5-12-19(18)22(28)26(25-20)17-9-2-1-3-10-17/h1-13H,14H2,(H,24,27). The number of hydrogen-bond donors (Lipinski definition) is 1. The third-order valence-electron chi connectivity index (χ3n) is 4.36. The Bertz CT molecular complexity index is 1220. The summed E-state index contributed by atoms with van der Waals surface area (Å²) >= 11 is 6.00. The number of rotatable bonds is 4. The summed E-state index contributed by atoms with van der Waals surface area (Å²) < 4.78 is 1.26. The van der Waals surface area contributed by atoms with E-state index in [2.05, 4.69) is 10.4 Å². The summed E-state index contributed by atoms with van der Waals surface area (Å²) in [6.07, 6.45) is 0. The summed E-state index contributed by atoms with van der Waals surface area (Å²) in [5.41, 5.74) is 1.40. The summed E-state index contributed by atoms with van der Waals surface area (Å²) in [6.45, 7) is 0.305. The molecule has 0 bridgehead atoms. The number of benzene rings is 3. The van der Waals surface area contributed by atoms with Crippen LogP contribution in [0.2, 0.25) is 5.02 Å². The van der Waals surface area contributed by atoms with Gasteiger partial charge in [0.2, 0.25) is 0 Å². The number of carbonyl (C=O) groups is 1. The lowest BCUT2D eigenvalue weighted by molar-refractivity contribution is 0.0946. The van der Waals surface area contributed by atoms with E-state index in [9.17, 15) is 9.59 Å². The average Bonchev–Trinajstić information content (AvgIpc) is 2.73. The molecule has 28 heavy (non-hydrogen) atoms. The first-order valence-electron chi connectivity index (χ1n) is 8.73. The van der Waals surface area contributed by atoms with Gasteiger partial charge in [-0.05, 0) is 35.9 Å². The van der Waals surface area contributed by atoms with Gasteiger partial charge in [0.15, 0.2) is 5.69 Å². The Kier molecular flexibility index (Phi) is 4.91. The van der Waals surface area contributed by atoms with Crippen LogP contribution in [0.3, 0.4) is 0 Å². The highest BCUT2D eigenvalue weighted by Crippen LogP contribution is 2.16. The molecule has 5 nitrogen and oxygen atoms in total. The van der Waals surface area contributed by atoms with Gasteiger partial charge in [-0.2, -0.15) is 9.78 Å². The minimum atomic E-state index is -0.360. The summed E-state index contributed by atoms with van der Waals surface area (Å²) in [5, 5.41) is 8.78. The van der Waals surface area contributed by atoms with Crippen LogP contribution in [-0.2, 0) is 6.54 Å². The van der Waals surface area contributed by atoms with Crippen LogP contribution in [0.15, 0.2) is 83.7 Å². The van der Waals surface area contributed by atoms with Crippen molar-refractivity contribution < 1.29 is 4.79 Å².